The van der Waals surface area contributed by atoms with Crippen molar-refractivity contribution in [3.63, 3.8) is 0 Å². The van der Waals surface area contributed by atoms with Crippen LogP contribution in [0.15, 0.2) is 42.7 Å². The molecule has 3 aromatic rings. The van der Waals surface area contributed by atoms with Gasteiger partial charge in [0.05, 0.1) is 12.1 Å². The number of ether oxygens (including phenoxy) is 1. The smallest absolute Gasteiger partial charge is 0.274 e. The van der Waals surface area contributed by atoms with Gasteiger partial charge in [-0.15, -0.1) is 0 Å². The summed E-state index contributed by atoms with van der Waals surface area (Å²) in [4.78, 5) is 14.5. The summed E-state index contributed by atoms with van der Waals surface area (Å²) in [6.45, 7) is 5.56. The lowest BCUT2D eigenvalue weighted by molar-refractivity contribution is 0.0419. The molecule has 3 heterocycles. The van der Waals surface area contributed by atoms with Crippen molar-refractivity contribution in [1.29, 1.82) is 0 Å². The van der Waals surface area contributed by atoms with Crippen LogP contribution in [-0.2, 0) is 18.7 Å². The van der Waals surface area contributed by atoms with Gasteiger partial charge in [0.2, 0.25) is 0 Å². The highest BCUT2D eigenvalue weighted by molar-refractivity contribution is 5.92. The molecule has 2 N–H and O–H groups in total. The third-order valence-electron chi connectivity index (χ3n) is 5.26. The Bertz CT molecular complexity index is 994. The highest BCUT2D eigenvalue weighted by Gasteiger charge is 2.27. The fourth-order valence-corrected chi connectivity index (χ4v) is 3.50. The van der Waals surface area contributed by atoms with Gasteiger partial charge in [0.15, 0.2) is 0 Å². The van der Waals surface area contributed by atoms with Crippen LogP contribution in [0.1, 0.15) is 40.7 Å². The van der Waals surface area contributed by atoms with Crippen LogP contribution in [0.5, 0.6) is 5.75 Å². The van der Waals surface area contributed by atoms with Crippen LogP contribution in [0.3, 0.4) is 0 Å². The number of nitrogens with zero attached hydrogens (tertiary/aromatic N) is 4. The van der Waals surface area contributed by atoms with E-state index in [9.17, 15) is 9.90 Å². The molecular weight excluding hydrogens is 370 g/mol. The van der Waals surface area contributed by atoms with E-state index in [1.54, 1.807) is 28.8 Å². The summed E-state index contributed by atoms with van der Waals surface area (Å²) in [5.74, 6) is 0.604. The molecule has 0 radical (unpaired) electrons. The number of H-pyrrole nitrogens is 1. The van der Waals surface area contributed by atoms with E-state index in [0.717, 1.165) is 22.6 Å². The molecule has 1 atom stereocenters. The van der Waals surface area contributed by atoms with Crippen molar-refractivity contribution in [3.05, 3.63) is 65.2 Å². The Hall–Kier alpha value is -3.13. The zero-order valence-electron chi connectivity index (χ0n) is 16.6. The first-order valence-electron chi connectivity index (χ1n) is 9.70. The van der Waals surface area contributed by atoms with E-state index in [-0.39, 0.29) is 5.91 Å². The molecule has 8 nitrogen and oxygen atoms in total. The number of aromatic nitrogens is 4. The largest absolute Gasteiger partial charge is 0.491 e. The van der Waals surface area contributed by atoms with E-state index in [4.69, 9.17) is 4.74 Å². The van der Waals surface area contributed by atoms with Crippen LogP contribution in [-0.4, -0.2) is 49.0 Å². The number of aromatic amines is 1. The van der Waals surface area contributed by atoms with Crippen LogP contribution in [0.2, 0.25) is 0 Å². The van der Waals surface area contributed by atoms with Crippen LogP contribution in [0.25, 0.3) is 0 Å². The molecule has 1 aliphatic heterocycles. The number of hydrogen-bond donors (Lipinski definition) is 2. The van der Waals surface area contributed by atoms with Crippen LogP contribution in [0.4, 0.5) is 0 Å². The molecule has 1 aromatic carbocycles. The van der Waals surface area contributed by atoms with Crippen molar-refractivity contribution in [2.24, 2.45) is 0 Å². The molecule has 2 aromatic heterocycles. The standard InChI is InChI=1S/C21H25N5O3/c1-15-12-18(24-23-15)20(27)25-10-11-29-19-5-4-17(13-16(19)14-25)21(2,28)6-9-26-8-3-7-22-26/h3-5,7-8,12-13,28H,6,9-11,14H2,1-2H3,(H,23,24). The Kier molecular flexibility index (Phi) is 5.10. The first-order valence-corrected chi connectivity index (χ1v) is 9.70. The van der Waals surface area contributed by atoms with Gasteiger partial charge in [0.25, 0.3) is 5.91 Å². The van der Waals surface area contributed by atoms with Crippen LogP contribution >= 0.6 is 0 Å². The predicted octanol–water partition coefficient (Wildman–Crippen LogP) is 2.25. The zero-order chi connectivity index (χ0) is 20.4. The fraction of sp³-hybridized carbons (Fsp3) is 0.381. The van der Waals surface area contributed by atoms with Crippen LogP contribution < -0.4 is 4.74 Å². The van der Waals surface area contributed by atoms with E-state index in [1.807, 2.05) is 37.4 Å². The van der Waals surface area contributed by atoms with Crippen molar-refractivity contribution >= 4 is 5.91 Å². The summed E-state index contributed by atoms with van der Waals surface area (Å²) in [6.07, 6.45) is 4.12. The lowest BCUT2D eigenvalue weighted by atomic mass is 9.91. The van der Waals surface area contributed by atoms with Gasteiger partial charge < -0.3 is 14.7 Å². The van der Waals surface area contributed by atoms with Gasteiger partial charge in [-0.3, -0.25) is 14.6 Å². The molecule has 0 saturated heterocycles. The minimum Gasteiger partial charge on any atom is -0.491 e. The number of aryl methyl sites for hydroxylation is 2. The SMILES string of the molecule is Cc1cc(C(=O)N2CCOc3ccc(C(C)(O)CCn4cccn4)cc3C2)n[nH]1. The number of hydrogen-bond acceptors (Lipinski definition) is 5. The van der Waals surface area contributed by atoms with Gasteiger partial charge in [-0.2, -0.15) is 10.2 Å². The number of carbonyl (C=O) groups is 1. The second kappa shape index (κ2) is 7.71. The normalized spacial score (nSPS) is 15.9. The quantitative estimate of drug-likeness (QED) is 0.691. The molecule has 1 amide bonds. The second-order valence-corrected chi connectivity index (χ2v) is 7.63. The van der Waals surface area contributed by atoms with Gasteiger partial charge >= 0.3 is 0 Å². The topological polar surface area (TPSA) is 96.3 Å². The maximum atomic E-state index is 12.8. The lowest BCUT2D eigenvalue weighted by Crippen LogP contribution is -2.32. The minimum atomic E-state index is -1.03. The molecule has 8 heteroatoms. The summed E-state index contributed by atoms with van der Waals surface area (Å²) in [6, 6.07) is 9.29. The summed E-state index contributed by atoms with van der Waals surface area (Å²) < 4.78 is 7.64. The Morgan fingerprint density at radius 3 is 2.97 bits per heavy atom. The van der Waals surface area contributed by atoms with Gasteiger partial charge in [-0.05, 0) is 50.1 Å². The average molecular weight is 395 g/mol. The van der Waals surface area contributed by atoms with E-state index in [1.165, 1.54) is 0 Å². The molecule has 1 aliphatic rings. The number of carbonyl (C=O) groups excluding carboxylic acids is 1. The Balaban J connectivity index is 1.54. The molecule has 0 spiro atoms. The van der Waals surface area contributed by atoms with Crippen LogP contribution in [0, 0.1) is 6.92 Å². The summed E-state index contributed by atoms with van der Waals surface area (Å²) >= 11 is 0. The molecular formula is C21H25N5O3. The highest BCUT2D eigenvalue weighted by atomic mass is 16.5. The molecule has 0 aliphatic carbocycles. The van der Waals surface area contributed by atoms with Crippen molar-refractivity contribution in [2.45, 2.75) is 39.0 Å². The van der Waals surface area contributed by atoms with Gasteiger partial charge in [0.1, 0.15) is 18.1 Å². The minimum absolute atomic E-state index is 0.137. The molecule has 29 heavy (non-hydrogen) atoms. The summed E-state index contributed by atoms with van der Waals surface area (Å²) in [5, 5.41) is 22.1. The Labute approximate surface area is 169 Å². The monoisotopic (exact) mass is 395 g/mol. The number of amides is 1. The lowest BCUT2D eigenvalue weighted by Gasteiger charge is -2.25. The number of benzene rings is 1. The predicted molar refractivity (Wildman–Crippen MR) is 106 cm³/mol. The van der Waals surface area contributed by atoms with E-state index < -0.39 is 5.60 Å². The number of aliphatic hydroxyl groups is 1. The first-order chi connectivity index (χ1) is 13.9. The van der Waals surface area contributed by atoms with Crippen molar-refractivity contribution in [3.8, 4) is 5.75 Å². The summed E-state index contributed by atoms with van der Waals surface area (Å²) in [7, 11) is 0. The third kappa shape index (κ3) is 4.17. The second-order valence-electron chi connectivity index (χ2n) is 7.63. The van der Waals surface area contributed by atoms with Gasteiger partial charge in [-0.1, -0.05) is 6.07 Å². The number of fused-ring (bicyclic) bond motifs is 1. The number of nitrogens with one attached hydrogen (secondary N) is 1. The average Bonchev–Trinajstić information content (AvgIpc) is 3.33. The third-order valence-corrected chi connectivity index (χ3v) is 5.26. The maximum Gasteiger partial charge on any atom is 0.274 e. The Morgan fingerprint density at radius 1 is 1.38 bits per heavy atom. The molecule has 0 saturated carbocycles. The highest BCUT2D eigenvalue weighted by Crippen LogP contribution is 2.31. The van der Waals surface area contributed by atoms with E-state index >= 15 is 0 Å². The Morgan fingerprint density at radius 2 is 2.24 bits per heavy atom. The molecule has 4 rings (SSSR count). The fourth-order valence-electron chi connectivity index (χ4n) is 3.50. The zero-order valence-corrected chi connectivity index (χ0v) is 16.6. The van der Waals surface area contributed by atoms with Crippen molar-refractivity contribution in [1.82, 2.24) is 24.9 Å². The van der Waals surface area contributed by atoms with E-state index in [2.05, 4.69) is 15.3 Å². The molecule has 1 unspecified atom stereocenters. The summed E-state index contributed by atoms with van der Waals surface area (Å²) in [5.41, 5.74) is 1.88. The van der Waals surface area contributed by atoms with E-state index in [0.29, 0.717) is 38.4 Å². The number of rotatable bonds is 5. The molecule has 152 valence electrons. The van der Waals surface area contributed by atoms with Gasteiger partial charge in [-0.25, -0.2) is 0 Å². The molecule has 0 fully saturated rings. The first kappa shape index (κ1) is 19.2. The van der Waals surface area contributed by atoms with Crippen molar-refractivity contribution < 1.29 is 14.6 Å². The van der Waals surface area contributed by atoms with Crippen molar-refractivity contribution in [2.75, 3.05) is 13.2 Å². The molecule has 0 bridgehead atoms. The maximum absolute atomic E-state index is 12.8. The van der Waals surface area contributed by atoms with Gasteiger partial charge in [0, 0.05) is 36.7 Å².